The molecule has 4 rings (SSSR count). The quantitative estimate of drug-likeness (QED) is 0.721. The zero-order valence-corrected chi connectivity index (χ0v) is 17.7. The van der Waals surface area contributed by atoms with E-state index in [-0.39, 0.29) is 11.1 Å². The number of phenols is 1. The van der Waals surface area contributed by atoms with Crippen LogP contribution in [-0.2, 0) is 0 Å². The highest BCUT2D eigenvalue weighted by Crippen LogP contribution is 2.24. The van der Waals surface area contributed by atoms with Gasteiger partial charge in [0.15, 0.2) is 11.6 Å². The number of amides is 1. The van der Waals surface area contributed by atoms with Gasteiger partial charge in [-0.2, -0.15) is 5.10 Å². The van der Waals surface area contributed by atoms with Gasteiger partial charge in [0, 0.05) is 61.8 Å². The normalized spacial score (nSPS) is 17.5. The lowest BCUT2D eigenvalue weighted by Crippen LogP contribution is -2.41. The Labute approximate surface area is 181 Å². The van der Waals surface area contributed by atoms with Gasteiger partial charge in [0.1, 0.15) is 0 Å². The summed E-state index contributed by atoms with van der Waals surface area (Å²) >= 11 is 0. The van der Waals surface area contributed by atoms with E-state index in [1.54, 1.807) is 0 Å². The molecule has 2 aliphatic rings. The molecule has 2 aromatic carbocycles. The van der Waals surface area contributed by atoms with E-state index in [4.69, 9.17) is 0 Å². The molecule has 0 aromatic heterocycles. The second-order valence-electron chi connectivity index (χ2n) is 8.09. The number of phenolic OH excluding ortho intramolecular Hbond substituents is 1. The average molecular weight is 426 g/mol. The van der Waals surface area contributed by atoms with Gasteiger partial charge >= 0.3 is 0 Å². The third-order valence-electron chi connectivity index (χ3n) is 5.79. The molecule has 2 aromatic rings. The summed E-state index contributed by atoms with van der Waals surface area (Å²) in [5.74, 6) is -1.80. The molecule has 0 spiro atoms. The van der Waals surface area contributed by atoms with E-state index in [2.05, 4.69) is 20.2 Å². The van der Waals surface area contributed by atoms with Crippen LogP contribution in [-0.4, -0.2) is 73.5 Å². The minimum Gasteiger partial charge on any atom is -0.504 e. The molecule has 1 amide bonds. The Bertz CT molecular complexity index is 949. The van der Waals surface area contributed by atoms with Crippen molar-refractivity contribution in [3.8, 4) is 5.75 Å². The number of hydrogen-bond donors (Lipinski definition) is 2. The Hall–Kier alpha value is -3.13. The van der Waals surface area contributed by atoms with Gasteiger partial charge in [-0.25, -0.2) is 4.39 Å². The Kier molecular flexibility index (Phi) is 6.36. The topological polar surface area (TPSA) is 71.4 Å². The number of aromatic hydroxyl groups is 1. The molecule has 0 saturated carbocycles. The van der Waals surface area contributed by atoms with Gasteiger partial charge in [0.05, 0.1) is 6.21 Å². The van der Waals surface area contributed by atoms with Gasteiger partial charge in [0.2, 0.25) is 0 Å². The first-order valence-corrected chi connectivity index (χ1v) is 10.7. The summed E-state index contributed by atoms with van der Waals surface area (Å²) in [6.07, 6.45) is 3.81. The molecule has 31 heavy (non-hydrogen) atoms. The number of piperazine rings is 1. The predicted molar refractivity (Wildman–Crippen MR) is 121 cm³/mol. The molecular weight excluding hydrogens is 397 g/mol. The fourth-order valence-corrected chi connectivity index (χ4v) is 3.84. The molecule has 8 heteroatoms. The zero-order chi connectivity index (χ0) is 21.8. The molecule has 2 N–H and O–H groups in total. The van der Waals surface area contributed by atoms with Gasteiger partial charge in [-0.05, 0) is 56.3 Å². The molecule has 2 saturated heterocycles. The second-order valence-corrected chi connectivity index (χ2v) is 8.09. The maximum atomic E-state index is 14.3. The molecule has 164 valence electrons. The maximum absolute atomic E-state index is 14.3. The molecule has 0 aliphatic carbocycles. The van der Waals surface area contributed by atoms with Crippen LogP contribution in [0.4, 0.5) is 15.8 Å². The SMILES string of the molecule is CN1CCN(/N=C/c2cc(C(=O)Nc3ccc(N4CCCC4)cc3)cc(F)c2O)CC1. The van der Waals surface area contributed by atoms with Crippen LogP contribution < -0.4 is 10.2 Å². The van der Waals surface area contributed by atoms with Crippen molar-refractivity contribution in [1.29, 1.82) is 0 Å². The van der Waals surface area contributed by atoms with Crippen molar-refractivity contribution in [1.82, 2.24) is 9.91 Å². The lowest BCUT2D eigenvalue weighted by molar-refractivity contribution is 0.102. The lowest BCUT2D eigenvalue weighted by Gasteiger charge is -2.30. The molecule has 2 heterocycles. The largest absolute Gasteiger partial charge is 0.504 e. The molecule has 0 bridgehead atoms. The zero-order valence-electron chi connectivity index (χ0n) is 17.7. The number of carbonyl (C=O) groups excluding carboxylic acids is 1. The predicted octanol–water partition coefficient (Wildman–Crippen LogP) is 2.97. The van der Waals surface area contributed by atoms with Crippen LogP contribution in [0.2, 0.25) is 0 Å². The van der Waals surface area contributed by atoms with Crippen molar-refractivity contribution in [2.24, 2.45) is 5.10 Å². The van der Waals surface area contributed by atoms with Crippen molar-refractivity contribution in [2.45, 2.75) is 12.8 Å². The number of anilines is 2. The summed E-state index contributed by atoms with van der Waals surface area (Å²) in [4.78, 5) is 17.2. The van der Waals surface area contributed by atoms with Crippen molar-refractivity contribution >= 4 is 23.5 Å². The Morgan fingerprint density at radius 2 is 1.74 bits per heavy atom. The Morgan fingerprint density at radius 1 is 1.06 bits per heavy atom. The van der Waals surface area contributed by atoms with Crippen molar-refractivity contribution < 1.29 is 14.3 Å². The van der Waals surface area contributed by atoms with Crippen LogP contribution in [0.15, 0.2) is 41.5 Å². The van der Waals surface area contributed by atoms with Gasteiger partial charge < -0.3 is 20.2 Å². The van der Waals surface area contributed by atoms with Crippen LogP contribution in [0.3, 0.4) is 0 Å². The summed E-state index contributed by atoms with van der Waals surface area (Å²) < 4.78 is 14.3. The molecule has 0 radical (unpaired) electrons. The van der Waals surface area contributed by atoms with E-state index in [0.717, 1.165) is 51.0 Å². The third-order valence-corrected chi connectivity index (χ3v) is 5.79. The summed E-state index contributed by atoms with van der Waals surface area (Å²) in [7, 11) is 2.05. The summed E-state index contributed by atoms with van der Waals surface area (Å²) in [5.41, 5.74) is 2.06. The molecule has 2 fully saturated rings. The highest BCUT2D eigenvalue weighted by Gasteiger charge is 2.16. The maximum Gasteiger partial charge on any atom is 0.255 e. The minimum atomic E-state index is -0.850. The number of rotatable bonds is 5. The Morgan fingerprint density at radius 3 is 2.42 bits per heavy atom. The van der Waals surface area contributed by atoms with E-state index in [1.165, 1.54) is 25.1 Å². The Balaban J connectivity index is 1.45. The first-order valence-electron chi connectivity index (χ1n) is 10.7. The number of likely N-dealkylation sites (N-methyl/N-ethyl adjacent to an activating group) is 1. The molecule has 7 nitrogen and oxygen atoms in total. The lowest BCUT2D eigenvalue weighted by atomic mass is 10.1. The van der Waals surface area contributed by atoms with E-state index < -0.39 is 17.5 Å². The highest BCUT2D eigenvalue weighted by atomic mass is 19.1. The average Bonchev–Trinajstić information content (AvgIpc) is 3.31. The number of nitrogens with one attached hydrogen (secondary N) is 1. The number of carbonyl (C=O) groups is 1. The molecular formula is C23H28FN5O2. The molecule has 0 unspecified atom stereocenters. The summed E-state index contributed by atoms with van der Waals surface area (Å²) in [5, 5.41) is 19.1. The molecule has 0 atom stereocenters. The number of hydrazone groups is 1. The van der Waals surface area contributed by atoms with E-state index in [0.29, 0.717) is 5.69 Å². The van der Waals surface area contributed by atoms with Crippen LogP contribution in [0.5, 0.6) is 5.75 Å². The van der Waals surface area contributed by atoms with Crippen molar-refractivity contribution in [2.75, 3.05) is 56.5 Å². The fraction of sp³-hybridized carbons (Fsp3) is 0.391. The third kappa shape index (κ3) is 5.14. The number of nitrogens with zero attached hydrogens (tertiary/aromatic N) is 4. The van der Waals surface area contributed by atoms with E-state index >= 15 is 0 Å². The monoisotopic (exact) mass is 425 g/mol. The van der Waals surface area contributed by atoms with Gasteiger partial charge in [0.25, 0.3) is 5.91 Å². The minimum absolute atomic E-state index is 0.124. The van der Waals surface area contributed by atoms with E-state index in [1.807, 2.05) is 36.3 Å². The van der Waals surface area contributed by atoms with Crippen LogP contribution >= 0.6 is 0 Å². The summed E-state index contributed by atoms with van der Waals surface area (Å²) in [6.45, 7) is 5.38. The highest BCUT2D eigenvalue weighted by molar-refractivity contribution is 6.05. The van der Waals surface area contributed by atoms with Crippen molar-refractivity contribution in [3.05, 3.63) is 53.3 Å². The second kappa shape index (κ2) is 9.34. The van der Waals surface area contributed by atoms with E-state index in [9.17, 15) is 14.3 Å². The van der Waals surface area contributed by atoms with Gasteiger partial charge in [-0.1, -0.05) is 0 Å². The summed E-state index contributed by atoms with van der Waals surface area (Å²) in [6, 6.07) is 10.1. The smallest absolute Gasteiger partial charge is 0.255 e. The fourth-order valence-electron chi connectivity index (χ4n) is 3.84. The van der Waals surface area contributed by atoms with Crippen LogP contribution in [0, 0.1) is 5.82 Å². The van der Waals surface area contributed by atoms with Gasteiger partial charge in [-0.3, -0.25) is 9.80 Å². The first kappa shape index (κ1) is 21.1. The number of hydrogen-bond acceptors (Lipinski definition) is 6. The standard InChI is InChI=1S/C23H28FN5O2/c1-27-10-12-29(13-11-27)25-16-18-14-17(15-21(24)22(18)30)23(31)26-19-4-6-20(7-5-19)28-8-2-3-9-28/h4-7,14-16,30H,2-3,8-13H2,1H3,(H,26,31)/b25-16+. The number of benzene rings is 2. The molecule has 2 aliphatic heterocycles. The van der Waals surface area contributed by atoms with Crippen LogP contribution in [0.1, 0.15) is 28.8 Å². The number of halogens is 1. The van der Waals surface area contributed by atoms with Crippen molar-refractivity contribution in [3.63, 3.8) is 0 Å². The first-order chi connectivity index (χ1) is 15.0. The van der Waals surface area contributed by atoms with Gasteiger partial charge in [-0.15, -0.1) is 0 Å². The van der Waals surface area contributed by atoms with Crippen LogP contribution in [0.25, 0.3) is 0 Å².